The normalized spacial score (nSPS) is 21.7. The first-order valence-electron chi connectivity index (χ1n) is 6.97. The van der Waals surface area contributed by atoms with E-state index in [9.17, 15) is 4.39 Å². The molecule has 4 nitrogen and oxygen atoms in total. The number of hydrogen-bond acceptors (Lipinski definition) is 4. The van der Waals surface area contributed by atoms with E-state index < -0.39 is 0 Å². The molecule has 5 heteroatoms. The maximum absolute atomic E-state index is 13.7. The number of nitrogens with one attached hydrogen (secondary N) is 1. The zero-order valence-electron chi connectivity index (χ0n) is 12.4. The minimum Gasteiger partial charge on any atom is -0.494 e. The summed E-state index contributed by atoms with van der Waals surface area (Å²) in [6, 6.07) is 5.14. The fourth-order valence-electron chi connectivity index (χ4n) is 2.37. The molecule has 20 heavy (non-hydrogen) atoms. The lowest BCUT2D eigenvalue weighted by molar-refractivity contribution is -0.0190. The fourth-order valence-corrected chi connectivity index (χ4v) is 2.37. The molecule has 0 spiro atoms. The van der Waals surface area contributed by atoms with Crippen LogP contribution in [0.25, 0.3) is 0 Å². The second kappa shape index (κ2) is 7.02. The first-order chi connectivity index (χ1) is 9.60. The fraction of sp³-hybridized carbons (Fsp3) is 0.600. The molecule has 1 fully saturated rings. The Balaban J connectivity index is 1.88. The van der Waals surface area contributed by atoms with Gasteiger partial charge in [-0.1, -0.05) is 6.07 Å². The molecule has 1 N–H and O–H groups in total. The van der Waals surface area contributed by atoms with Gasteiger partial charge in [0.2, 0.25) is 0 Å². The summed E-state index contributed by atoms with van der Waals surface area (Å²) < 4.78 is 24.3. The van der Waals surface area contributed by atoms with Crippen molar-refractivity contribution in [1.29, 1.82) is 0 Å². The zero-order chi connectivity index (χ0) is 14.5. The van der Waals surface area contributed by atoms with E-state index >= 15 is 0 Å². The van der Waals surface area contributed by atoms with E-state index in [2.05, 4.69) is 17.3 Å². The quantitative estimate of drug-likeness (QED) is 0.893. The van der Waals surface area contributed by atoms with Crippen molar-refractivity contribution in [2.75, 3.05) is 40.4 Å². The van der Waals surface area contributed by atoms with E-state index in [0.29, 0.717) is 0 Å². The van der Waals surface area contributed by atoms with Crippen LogP contribution in [-0.4, -0.2) is 51.4 Å². The van der Waals surface area contributed by atoms with Gasteiger partial charge in [0.1, 0.15) is 0 Å². The number of halogens is 1. The second-order valence-electron chi connectivity index (χ2n) is 5.28. The summed E-state index contributed by atoms with van der Waals surface area (Å²) in [5.41, 5.74) is 0.910. The molecule has 0 radical (unpaired) electrons. The molecule has 1 aliphatic rings. The van der Waals surface area contributed by atoms with Gasteiger partial charge in [-0.05, 0) is 31.7 Å². The number of rotatable bonds is 5. The van der Waals surface area contributed by atoms with Crippen LogP contribution < -0.4 is 10.1 Å². The van der Waals surface area contributed by atoms with Crippen LogP contribution in [0.15, 0.2) is 18.2 Å². The summed E-state index contributed by atoms with van der Waals surface area (Å²) in [4.78, 5) is 2.26. The molecule has 0 saturated carbocycles. The molecule has 0 amide bonds. The van der Waals surface area contributed by atoms with E-state index in [1.54, 1.807) is 6.07 Å². The average Bonchev–Trinajstić information content (AvgIpc) is 2.44. The highest BCUT2D eigenvalue weighted by Gasteiger charge is 2.18. The first kappa shape index (κ1) is 15.2. The minimum atomic E-state index is -0.327. The van der Waals surface area contributed by atoms with Crippen molar-refractivity contribution in [3.05, 3.63) is 29.6 Å². The highest BCUT2D eigenvalue weighted by atomic mass is 19.1. The lowest BCUT2D eigenvalue weighted by Gasteiger charge is -2.31. The van der Waals surface area contributed by atoms with Crippen LogP contribution in [0, 0.1) is 5.82 Å². The third-order valence-corrected chi connectivity index (χ3v) is 3.67. The molecule has 2 atom stereocenters. The number of methoxy groups -OCH3 is 1. The molecule has 2 rings (SSSR count). The van der Waals surface area contributed by atoms with Crippen LogP contribution in [0.2, 0.25) is 0 Å². The summed E-state index contributed by atoms with van der Waals surface area (Å²) in [5, 5.41) is 3.39. The van der Waals surface area contributed by atoms with Gasteiger partial charge in [-0.25, -0.2) is 4.39 Å². The Morgan fingerprint density at radius 2 is 2.35 bits per heavy atom. The average molecular weight is 282 g/mol. The van der Waals surface area contributed by atoms with Crippen LogP contribution >= 0.6 is 0 Å². The zero-order valence-corrected chi connectivity index (χ0v) is 12.4. The Morgan fingerprint density at radius 1 is 1.55 bits per heavy atom. The molecule has 2 unspecified atom stereocenters. The van der Waals surface area contributed by atoms with Crippen LogP contribution in [-0.2, 0) is 4.74 Å². The predicted molar refractivity (Wildman–Crippen MR) is 76.6 cm³/mol. The number of morpholine rings is 1. The molecular weight excluding hydrogens is 259 g/mol. The maximum Gasteiger partial charge on any atom is 0.165 e. The Bertz CT molecular complexity index is 442. The van der Waals surface area contributed by atoms with Crippen LogP contribution in [0.4, 0.5) is 4.39 Å². The number of nitrogens with zero attached hydrogens (tertiary/aromatic N) is 1. The summed E-state index contributed by atoms with van der Waals surface area (Å²) in [6.45, 7) is 5.47. The second-order valence-corrected chi connectivity index (χ2v) is 5.28. The van der Waals surface area contributed by atoms with E-state index in [1.807, 2.05) is 13.0 Å². The Kier molecular flexibility index (Phi) is 5.34. The molecule has 112 valence electrons. The van der Waals surface area contributed by atoms with Crippen molar-refractivity contribution >= 4 is 0 Å². The lowest BCUT2D eigenvalue weighted by atomic mass is 10.1. The van der Waals surface area contributed by atoms with Gasteiger partial charge >= 0.3 is 0 Å². The van der Waals surface area contributed by atoms with Crippen molar-refractivity contribution in [2.45, 2.75) is 19.1 Å². The van der Waals surface area contributed by atoms with Crippen molar-refractivity contribution < 1.29 is 13.9 Å². The SMILES string of the molecule is COc1ccc(C(C)NCC2CN(C)CCO2)cc1F. The molecule has 1 heterocycles. The molecular formula is C15H23FN2O2. The van der Waals surface area contributed by atoms with Crippen molar-refractivity contribution in [2.24, 2.45) is 0 Å². The number of likely N-dealkylation sites (N-methyl/N-ethyl adjacent to an activating group) is 1. The predicted octanol–water partition coefficient (Wildman–Crippen LogP) is 1.82. The van der Waals surface area contributed by atoms with Gasteiger partial charge < -0.3 is 19.7 Å². The van der Waals surface area contributed by atoms with Gasteiger partial charge in [0.05, 0.1) is 19.8 Å². The Labute approximate surface area is 119 Å². The van der Waals surface area contributed by atoms with Crippen LogP contribution in [0.1, 0.15) is 18.5 Å². The van der Waals surface area contributed by atoms with Gasteiger partial charge in [-0.2, -0.15) is 0 Å². The molecule has 1 aromatic rings. The largest absolute Gasteiger partial charge is 0.494 e. The van der Waals surface area contributed by atoms with Crippen molar-refractivity contribution in [1.82, 2.24) is 10.2 Å². The number of ether oxygens (including phenoxy) is 2. The van der Waals surface area contributed by atoms with Gasteiger partial charge in [0.15, 0.2) is 11.6 Å². The number of benzene rings is 1. The monoisotopic (exact) mass is 282 g/mol. The molecule has 1 saturated heterocycles. The van der Waals surface area contributed by atoms with Gasteiger partial charge in [-0.3, -0.25) is 0 Å². The summed E-state index contributed by atoms with van der Waals surface area (Å²) in [6.07, 6.45) is 0.194. The lowest BCUT2D eigenvalue weighted by Crippen LogP contribution is -2.45. The third-order valence-electron chi connectivity index (χ3n) is 3.67. The summed E-state index contributed by atoms with van der Waals surface area (Å²) in [5.74, 6) is -0.0505. The molecule has 1 aromatic carbocycles. The third kappa shape index (κ3) is 3.91. The summed E-state index contributed by atoms with van der Waals surface area (Å²) >= 11 is 0. The minimum absolute atomic E-state index is 0.0752. The van der Waals surface area contributed by atoms with E-state index in [4.69, 9.17) is 9.47 Å². The van der Waals surface area contributed by atoms with Gasteiger partial charge in [0.25, 0.3) is 0 Å². The molecule has 0 aliphatic carbocycles. The maximum atomic E-state index is 13.7. The highest BCUT2D eigenvalue weighted by molar-refractivity contribution is 5.30. The van der Waals surface area contributed by atoms with Crippen molar-refractivity contribution in [3.63, 3.8) is 0 Å². The Morgan fingerprint density at radius 3 is 3.00 bits per heavy atom. The Hall–Kier alpha value is -1.17. The van der Waals surface area contributed by atoms with Crippen LogP contribution in [0.3, 0.4) is 0 Å². The van der Waals surface area contributed by atoms with E-state index in [-0.39, 0.29) is 23.7 Å². The molecule has 0 aromatic heterocycles. The highest BCUT2D eigenvalue weighted by Crippen LogP contribution is 2.21. The summed E-state index contributed by atoms with van der Waals surface area (Å²) in [7, 11) is 3.56. The topological polar surface area (TPSA) is 33.7 Å². The first-order valence-corrected chi connectivity index (χ1v) is 6.97. The van der Waals surface area contributed by atoms with Crippen molar-refractivity contribution in [3.8, 4) is 5.75 Å². The molecule has 1 aliphatic heterocycles. The standard InChI is InChI=1S/C15H23FN2O2/c1-11(12-4-5-15(19-3)14(16)8-12)17-9-13-10-18(2)6-7-20-13/h4-5,8,11,13,17H,6-7,9-10H2,1-3H3. The molecule has 0 bridgehead atoms. The van der Waals surface area contributed by atoms with E-state index in [0.717, 1.165) is 31.8 Å². The number of hydrogen-bond donors (Lipinski definition) is 1. The van der Waals surface area contributed by atoms with Gasteiger partial charge in [0, 0.05) is 25.7 Å². The van der Waals surface area contributed by atoms with Gasteiger partial charge in [-0.15, -0.1) is 0 Å². The smallest absolute Gasteiger partial charge is 0.165 e. The van der Waals surface area contributed by atoms with E-state index in [1.165, 1.54) is 13.2 Å². The van der Waals surface area contributed by atoms with Crippen LogP contribution in [0.5, 0.6) is 5.75 Å².